The maximum atomic E-state index is 13.1. The first-order valence-electron chi connectivity index (χ1n) is 6.72. The van der Waals surface area contributed by atoms with E-state index in [1.807, 2.05) is 18.3 Å². The molecule has 0 amide bonds. The zero-order valence-electron chi connectivity index (χ0n) is 10.7. The Hall–Kier alpha value is -1.35. The molecule has 1 atom stereocenters. The molecule has 2 aromatic rings. The van der Waals surface area contributed by atoms with Crippen LogP contribution in [0.4, 0.5) is 4.39 Å². The summed E-state index contributed by atoms with van der Waals surface area (Å²) in [5.41, 5.74) is 1.11. The second-order valence-electron chi connectivity index (χ2n) is 5.29. The second kappa shape index (κ2) is 4.73. The molecule has 1 heterocycles. The Morgan fingerprint density at radius 1 is 1.39 bits per heavy atom. The fourth-order valence-corrected chi connectivity index (χ4v) is 2.54. The van der Waals surface area contributed by atoms with Gasteiger partial charge in [-0.25, -0.2) is 4.39 Å². The third kappa shape index (κ3) is 2.41. The van der Waals surface area contributed by atoms with Crippen molar-refractivity contribution in [3.05, 3.63) is 36.3 Å². The minimum atomic E-state index is -0.166. The van der Waals surface area contributed by atoms with Gasteiger partial charge in [0.25, 0.3) is 0 Å². The third-order valence-corrected chi connectivity index (χ3v) is 3.88. The highest BCUT2D eigenvalue weighted by Gasteiger charge is 2.27. The van der Waals surface area contributed by atoms with Crippen LogP contribution in [-0.2, 0) is 6.54 Å². The summed E-state index contributed by atoms with van der Waals surface area (Å²) < 4.78 is 15.3. The van der Waals surface area contributed by atoms with Gasteiger partial charge in [-0.1, -0.05) is 0 Å². The second-order valence-corrected chi connectivity index (χ2v) is 5.29. The zero-order chi connectivity index (χ0) is 12.5. The Kier molecular flexibility index (Phi) is 3.08. The van der Waals surface area contributed by atoms with Crippen molar-refractivity contribution in [2.24, 2.45) is 5.92 Å². The number of rotatable bonds is 5. The van der Waals surface area contributed by atoms with E-state index in [0.29, 0.717) is 6.04 Å². The lowest BCUT2D eigenvalue weighted by Crippen LogP contribution is -2.30. The van der Waals surface area contributed by atoms with Crippen molar-refractivity contribution >= 4 is 10.9 Å². The molecule has 3 rings (SSSR count). The molecule has 0 bridgehead atoms. The molecule has 1 aliphatic carbocycles. The quantitative estimate of drug-likeness (QED) is 0.857. The smallest absolute Gasteiger partial charge is 0.123 e. The summed E-state index contributed by atoms with van der Waals surface area (Å²) in [5.74, 6) is 0.723. The summed E-state index contributed by atoms with van der Waals surface area (Å²) in [5, 5.41) is 4.54. The molecule has 0 saturated heterocycles. The maximum Gasteiger partial charge on any atom is 0.123 e. The van der Waals surface area contributed by atoms with Crippen molar-refractivity contribution in [1.29, 1.82) is 0 Å². The number of aromatic nitrogens is 1. The zero-order valence-corrected chi connectivity index (χ0v) is 10.7. The Balaban J connectivity index is 1.63. The van der Waals surface area contributed by atoms with Crippen LogP contribution in [0.3, 0.4) is 0 Å². The van der Waals surface area contributed by atoms with Crippen LogP contribution >= 0.6 is 0 Å². The first-order valence-corrected chi connectivity index (χ1v) is 6.72. The van der Waals surface area contributed by atoms with E-state index in [2.05, 4.69) is 16.8 Å². The summed E-state index contributed by atoms with van der Waals surface area (Å²) in [6.45, 7) is 4.17. The summed E-state index contributed by atoms with van der Waals surface area (Å²) in [7, 11) is 0. The Morgan fingerprint density at radius 3 is 3.00 bits per heavy atom. The van der Waals surface area contributed by atoms with Gasteiger partial charge in [0.15, 0.2) is 0 Å². The lowest BCUT2D eigenvalue weighted by Gasteiger charge is -2.13. The van der Waals surface area contributed by atoms with Crippen LogP contribution in [0.2, 0.25) is 0 Å². The highest BCUT2D eigenvalue weighted by atomic mass is 19.1. The van der Waals surface area contributed by atoms with Gasteiger partial charge in [0.05, 0.1) is 0 Å². The molecule has 1 saturated carbocycles. The number of hydrogen-bond acceptors (Lipinski definition) is 1. The number of hydrogen-bond donors (Lipinski definition) is 1. The molecule has 1 fully saturated rings. The van der Waals surface area contributed by atoms with Crippen molar-refractivity contribution in [2.75, 3.05) is 6.54 Å². The van der Waals surface area contributed by atoms with Gasteiger partial charge >= 0.3 is 0 Å². The van der Waals surface area contributed by atoms with E-state index in [-0.39, 0.29) is 5.82 Å². The van der Waals surface area contributed by atoms with Crippen LogP contribution in [0, 0.1) is 11.7 Å². The predicted molar refractivity (Wildman–Crippen MR) is 72.1 cm³/mol. The monoisotopic (exact) mass is 246 g/mol. The highest BCUT2D eigenvalue weighted by Crippen LogP contribution is 2.32. The molecule has 1 aliphatic rings. The fraction of sp³-hybridized carbons (Fsp3) is 0.467. The van der Waals surface area contributed by atoms with Crippen molar-refractivity contribution in [2.45, 2.75) is 32.4 Å². The van der Waals surface area contributed by atoms with Gasteiger partial charge in [-0.3, -0.25) is 0 Å². The SMILES string of the molecule is CC(NCCn1ccc2cc(F)ccc21)C1CC1. The maximum absolute atomic E-state index is 13.1. The molecular formula is C15H19FN2. The van der Waals surface area contributed by atoms with E-state index in [9.17, 15) is 4.39 Å². The topological polar surface area (TPSA) is 17.0 Å². The number of benzene rings is 1. The molecular weight excluding hydrogens is 227 g/mol. The van der Waals surface area contributed by atoms with Crippen LogP contribution in [0.15, 0.2) is 30.5 Å². The number of fused-ring (bicyclic) bond motifs is 1. The Bertz CT molecular complexity index is 542. The molecule has 1 aromatic heterocycles. The average Bonchev–Trinajstić information content (AvgIpc) is 3.13. The Labute approximate surface area is 107 Å². The largest absolute Gasteiger partial charge is 0.346 e. The van der Waals surface area contributed by atoms with Gasteiger partial charge in [-0.05, 0) is 49.9 Å². The standard InChI is InChI=1S/C15H19FN2/c1-11(12-2-3-12)17-7-9-18-8-6-13-10-14(16)4-5-15(13)18/h4-6,8,10-12,17H,2-3,7,9H2,1H3. The van der Waals surface area contributed by atoms with Gasteiger partial charge in [0, 0.05) is 36.2 Å². The molecule has 18 heavy (non-hydrogen) atoms. The van der Waals surface area contributed by atoms with Crippen LogP contribution in [0.1, 0.15) is 19.8 Å². The lowest BCUT2D eigenvalue weighted by atomic mass is 10.2. The summed E-state index contributed by atoms with van der Waals surface area (Å²) in [6, 6.07) is 7.58. The van der Waals surface area contributed by atoms with E-state index < -0.39 is 0 Å². The predicted octanol–water partition coefficient (Wildman–Crippen LogP) is 3.17. The van der Waals surface area contributed by atoms with Gasteiger partial charge in [-0.15, -0.1) is 0 Å². The van der Waals surface area contributed by atoms with E-state index in [4.69, 9.17) is 0 Å². The molecule has 0 radical (unpaired) electrons. The van der Waals surface area contributed by atoms with Gasteiger partial charge in [-0.2, -0.15) is 0 Å². The summed E-state index contributed by atoms with van der Waals surface area (Å²) >= 11 is 0. The van der Waals surface area contributed by atoms with Crippen molar-refractivity contribution in [3.8, 4) is 0 Å². The molecule has 2 nitrogen and oxygen atoms in total. The highest BCUT2D eigenvalue weighted by molar-refractivity contribution is 5.80. The number of halogens is 1. The third-order valence-electron chi connectivity index (χ3n) is 3.88. The van der Waals surface area contributed by atoms with Gasteiger partial charge in [0.1, 0.15) is 5.82 Å². The first-order chi connectivity index (χ1) is 8.74. The van der Waals surface area contributed by atoms with Crippen molar-refractivity contribution < 1.29 is 4.39 Å². The minimum Gasteiger partial charge on any atom is -0.346 e. The Morgan fingerprint density at radius 2 is 2.22 bits per heavy atom. The van der Waals surface area contributed by atoms with Crippen molar-refractivity contribution in [3.63, 3.8) is 0 Å². The number of nitrogens with one attached hydrogen (secondary N) is 1. The van der Waals surface area contributed by atoms with Gasteiger partial charge < -0.3 is 9.88 Å². The van der Waals surface area contributed by atoms with Gasteiger partial charge in [0.2, 0.25) is 0 Å². The van der Waals surface area contributed by atoms with Crippen molar-refractivity contribution in [1.82, 2.24) is 9.88 Å². The average molecular weight is 246 g/mol. The van der Waals surface area contributed by atoms with Crippen LogP contribution in [0.25, 0.3) is 10.9 Å². The molecule has 0 aliphatic heterocycles. The van der Waals surface area contributed by atoms with Crippen LogP contribution in [0.5, 0.6) is 0 Å². The van der Waals surface area contributed by atoms with Crippen LogP contribution in [-0.4, -0.2) is 17.2 Å². The normalized spacial score (nSPS) is 17.2. The molecule has 96 valence electrons. The molecule has 1 aromatic carbocycles. The van der Waals surface area contributed by atoms with Crippen LogP contribution < -0.4 is 5.32 Å². The van der Waals surface area contributed by atoms with E-state index in [1.54, 1.807) is 6.07 Å². The molecule has 1 N–H and O–H groups in total. The number of nitrogens with zero attached hydrogens (tertiary/aromatic N) is 1. The minimum absolute atomic E-state index is 0.166. The molecule has 3 heteroatoms. The summed E-state index contributed by atoms with van der Waals surface area (Å²) in [4.78, 5) is 0. The van der Waals surface area contributed by atoms with E-state index in [1.165, 1.54) is 18.9 Å². The molecule has 0 spiro atoms. The summed E-state index contributed by atoms with van der Waals surface area (Å²) in [6.07, 6.45) is 4.79. The van der Waals surface area contributed by atoms with E-state index in [0.717, 1.165) is 29.9 Å². The molecule has 1 unspecified atom stereocenters. The first kappa shape index (κ1) is 11.7. The fourth-order valence-electron chi connectivity index (χ4n) is 2.54. The van der Waals surface area contributed by atoms with E-state index >= 15 is 0 Å². The lowest BCUT2D eigenvalue weighted by molar-refractivity contribution is 0.478.